The zero-order valence-corrected chi connectivity index (χ0v) is 18.8. The smallest absolute Gasteiger partial charge is 0.305 e. The lowest BCUT2D eigenvalue weighted by atomic mass is 10.1. The van der Waals surface area contributed by atoms with E-state index in [0.717, 1.165) is 64.2 Å². The molecule has 0 atom stereocenters. The molecule has 0 unspecified atom stereocenters. The lowest BCUT2D eigenvalue weighted by Crippen LogP contribution is -2.06. The maximum atomic E-state index is 11.6. The van der Waals surface area contributed by atoms with Gasteiger partial charge in [-0.3, -0.25) is 9.59 Å². The Hall–Kier alpha value is -1.06. The molecule has 0 aromatic heterocycles. The summed E-state index contributed by atoms with van der Waals surface area (Å²) in [6.07, 6.45) is 19.2. The molecule has 0 saturated carbocycles. The maximum absolute atomic E-state index is 11.6. The van der Waals surface area contributed by atoms with Crippen LogP contribution in [0, 0.1) is 0 Å². The van der Waals surface area contributed by atoms with Crippen LogP contribution >= 0.6 is 0 Å². The zero-order chi connectivity index (χ0) is 20.7. The molecule has 0 N–H and O–H groups in total. The van der Waals surface area contributed by atoms with Crippen molar-refractivity contribution >= 4 is 11.9 Å². The molecule has 0 radical (unpaired) electrons. The highest BCUT2D eigenvalue weighted by Gasteiger charge is 2.03. The Kier molecular flexibility index (Phi) is 21.4. The Labute approximate surface area is 174 Å². The Morgan fingerprint density at radius 2 is 0.786 bits per heavy atom. The highest BCUT2D eigenvalue weighted by Crippen LogP contribution is 2.09. The number of unbranched alkanes of at least 4 members (excludes halogenated alkanes) is 13. The number of carbonyl (C=O) groups excluding carboxylic acids is 2. The highest BCUT2D eigenvalue weighted by atomic mass is 16.5. The minimum Gasteiger partial charge on any atom is -0.466 e. The van der Waals surface area contributed by atoms with Crippen LogP contribution < -0.4 is 0 Å². The summed E-state index contributed by atoms with van der Waals surface area (Å²) in [6, 6.07) is 0. The molecule has 4 nitrogen and oxygen atoms in total. The van der Waals surface area contributed by atoms with Gasteiger partial charge in [-0.15, -0.1) is 0 Å². The van der Waals surface area contributed by atoms with Crippen molar-refractivity contribution in [3.63, 3.8) is 0 Å². The fourth-order valence-electron chi connectivity index (χ4n) is 3.17. The normalized spacial score (nSPS) is 10.8. The Morgan fingerprint density at radius 3 is 1.18 bits per heavy atom. The van der Waals surface area contributed by atoms with Gasteiger partial charge < -0.3 is 9.47 Å². The number of ether oxygens (including phenoxy) is 2. The number of hydrogen-bond donors (Lipinski definition) is 0. The average molecular weight is 399 g/mol. The summed E-state index contributed by atoms with van der Waals surface area (Å²) in [6.45, 7) is 5.51. The average Bonchev–Trinajstić information content (AvgIpc) is 2.69. The van der Waals surface area contributed by atoms with E-state index in [9.17, 15) is 9.59 Å². The minimum atomic E-state index is -0.0383. The SMILES string of the molecule is CCCCCCCC(=O)OCCCCCCCCOC(=O)CCCCCCC. The van der Waals surface area contributed by atoms with E-state index in [0.29, 0.717) is 26.1 Å². The van der Waals surface area contributed by atoms with E-state index in [1.165, 1.54) is 38.5 Å². The molecule has 0 aromatic carbocycles. The molecule has 0 aliphatic rings. The molecule has 0 amide bonds. The first-order valence-corrected chi connectivity index (χ1v) is 12.0. The monoisotopic (exact) mass is 398 g/mol. The molecule has 0 aromatic rings. The quantitative estimate of drug-likeness (QED) is 0.152. The van der Waals surface area contributed by atoms with Crippen molar-refractivity contribution < 1.29 is 19.1 Å². The molecule has 166 valence electrons. The van der Waals surface area contributed by atoms with Gasteiger partial charge in [0.1, 0.15) is 0 Å². The molecule has 4 heteroatoms. The first-order chi connectivity index (χ1) is 13.7. The zero-order valence-electron chi connectivity index (χ0n) is 18.8. The molecule has 0 bridgehead atoms. The first-order valence-electron chi connectivity index (χ1n) is 12.0. The molecular formula is C24H46O4. The predicted octanol–water partition coefficient (Wildman–Crippen LogP) is 7.13. The van der Waals surface area contributed by atoms with Crippen LogP contribution in [0.3, 0.4) is 0 Å². The van der Waals surface area contributed by atoms with Crippen molar-refractivity contribution in [2.75, 3.05) is 13.2 Å². The van der Waals surface area contributed by atoms with Gasteiger partial charge >= 0.3 is 11.9 Å². The van der Waals surface area contributed by atoms with E-state index in [2.05, 4.69) is 13.8 Å². The predicted molar refractivity (Wildman–Crippen MR) is 116 cm³/mol. The highest BCUT2D eigenvalue weighted by molar-refractivity contribution is 5.69. The van der Waals surface area contributed by atoms with Gasteiger partial charge in [0, 0.05) is 12.8 Å². The molecule has 0 saturated heterocycles. The second kappa shape index (κ2) is 22.2. The Morgan fingerprint density at radius 1 is 0.464 bits per heavy atom. The third kappa shape index (κ3) is 21.2. The standard InChI is InChI=1S/C24H46O4/c1-3-5-7-11-15-19-23(25)27-21-17-13-9-10-14-18-22-28-24(26)20-16-12-8-6-4-2/h3-22H2,1-2H3. The largest absolute Gasteiger partial charge is 0.466 e. The van der Waals surface area contributed by atoms with Crippen molar-refractivity contribution in [3.8, 4) is 0 Å². The summed E-state index contributed by atoms with van der Waals surface area (Å²) in [5, 5.41) is 0. The van der Waals surface area contributed by atoms with E-state index < -0.39 is 0 Å². The van der Waals surface area contributed by atoms with Crippen LogP contribution in [-0.4, -0.2) is 25.2 Å². The first kappa shape index (κ1) is 26.9. The van der Waals surface area contributed by atoms with Crippen molar-refractivity contribution in [2.45, 2.75) is 129 Å². The van der Waals surface area contributed by atoms with Gasteiger partial charge in [-0.05, 0) is 25.7 Å². The van der Waals surface area contributed by atoms with Crippen molar-refractivity contribution in [2.24, 2.45) is 0 Å². The van der Waals surface area contributed by atoms with Gasteiger partial charge in [-0.25, -0.2) is 0 Å². The van der Waals surface area contributed by atoms with E-state index in [4.69, 9.17) is 9.47 Å². The van der Waals surface area contributed by atoms with Gasteiger partial charge in [0.05, 0.1) is 13.2 Å². The van der Waals surface area contributed by atoms with Crippen LogP contribution in [0.15, 0.2) is 0 Å². The summed E-state index contributed by atoms with van der Waals surface area (Å²) in [5.74, 6) is -0.0765. The van der Waals surface area contributed by atoms with Gasteiger partial charge in [0.25, 0.3) is 0 Å². The van der Waals surface area contributed by atoms with E-state index >= 15 is 0 Å². The van der Waals surface area contributed by atoms with Gasteiger partial charge in [0.15, 0.2) is 0 Å². The molecule has 0 spiro atoms. The fourth-order valence-corrected chi connectivity index (χ4v) is 3.17. The lowest BCUT2D eigenvalue weighted by Gasteiger charge is -2.06. The number of esters is 2. The summed E-state index contributed by atoms with van der Waals surface area (Å²) < 4.78 is 10.6. The molecular weight excluding hydrogens is 352 g/mol. The van der Waals surface area contributed by atoms with Crippen molar-refractivity contribution in [1.82, 2.24) is 0 Å². The second-order valence-corrected chi connectivity index (χ2v) is 7.89. The number of carbonyl (C=O) groups is 2. The number of hydrogen-bond acceptors (Lipinski definition) is 4. The van der Waals surface area contributed by atoms with Crippen LogP contribution in [-0.2, 0) is 19.1 Å². The number of rotatable bonds is 21. The molecule has 0 rings (SSSR count). The van der Waals surface area contributed by atoms with Crippen LogP contribution in [0.2, 0.25) is 0 Å². The third-order valence-corrected chi connectivity index (χ3v) is 5.03. The second-order valence-electron chi connectivity index (χ2n) is 7.89. The fraction of sp³-hybridized carbons (Fsp3) is 0.917. The van der Waals surface area contributed by atoms with Crippen LogP contribution in [0.25, 0.3) is 0 Å². The molecule has 0 aliphatic heterocycles. The minimum absolute atomic E-state index is 0.0383. The lowest BCUT2D eigenvalue weighted by molar-refractivity contribution is -0.144. The van der Waals surface area contributed by atoms with Crippen LogP contribution in [0.4, 0.5) is 0 Å². The summed E-state index contributed by atoms with van der Waals surface area (Å²) in [7, 11) is 0. The summed E-state index contributed by atoms with van der Waals surface area (Å²) in [5.41, 5.74) is 0. The van der Waals surface area contributed by atoms with E-state index in [-0.39, 0.29) is 11.9 Å². The molecule has 0 aliphatic carbocycles. The molecule has 0 fully saturated rings. The van der Waals surface area contributed by atoms with Gasteiger partial charge in [-0.2, -0.15) is 0 Å². The van der Waals surface area contributed by atoms with Crippen LogP contribution in [0.5, 0.6) is 0 Å². The van der Waals surface area contributed by atoms with Gasteiger partial charge in [0.2, 0.25) is 0 Å². The maximum Gasteiger partial charge on any atom is 0.305 e. The topological polar surface area (TPSA) is 52.6 Å². The summed E-state index contributed by atoms with van der Waals surface area (Å²) in [4.78, 5) is 23.2. The summed E-state index contributed by atoms with van der Waals surface area (Å²) >= 11 is 0. The Bertz CT molecular complexity index is 321. The van der Waals surface area contributed by atoms with Crippen LogP contribution in [0.1, 0.15) is 129 Å². The van der Waals surface area contributed by atoms with Gasteiger partial charge in [-0.1, -0.05) is 90.9 Å². The van der Waals surface area contributed by atoms with E-state index in [1.807, 2.05) is 0 Å². The van der Waals surface area contributed by atoms with Crippen molar-refractivity contribution in [1.29, 1.82) is 0 Å². The van der Waals surface area contributed by atoms with Crippen molar-refractivity contribution in [3.05, 3.63) is 0 Å². The molecule has 0 heterocycles. The third-order valence-electron chi connectivity index (χ3n) is 5.03. The molecule has 28 heavy (non-hydrogen) atoms. The Balaban J connectivity index is 3.22. The van der Waals surface area contributed by atoms with E-state index in [1.54, 1.807) is 0 Å².